The van der Waals surface area contributed by atoms with Crippen molar-refractivity contribution in [3.63, 3.8) is 0 Å². The molecule has 3 N–H and O–H groups in total. The lowest BCUT2D eigenvalue weighted by molar-refractivity contribution is 0.900. The van der Waals surface area contributed by atoms with Crippen LogP contribution in [0, 0.1) is 0 Å². The highest BCUT2D eigenvalue weighted by molar-refractivity contribution is 7.13. The number of hydrogen-bond donors (Lipinski definition) is 2. The van der Waals surface area contributed by atoms with E-state index in [1.54, 1.807) is 11.3 Å². The maximum atomic E-state index is 5.68. The van der Waals surface area contributed by atoms with Gasteiger partial charge in [-0.05, 0) is 30.7 Å². The lowest BCUT2D eigenvalue weighted by Gasteiger charge is -2.08. The summed E-state index contributed by atoms with van der Waals surface area (Å²) >= 11 is 1.68. The highest BCUT2D eigenvalue weighted by Crippen LogP contribution is 2.30. The van der Waals surface area contributed by atoms with E-state index in [1.807, 2.05) is 16.6 Å². The van der Waals surface area contributed by atoms with E-state index in [4.69, 9.17) is 10.8 Å². The summed E-state index contributed by atoms with van der Waals surface area (Å²) < 4.78 is 1.82. The van der Waals surface area contributed by atoms with Crippen molar-refractivity contribution < 1.29 is 0 Å². The Morgan fingerprint density at radius 3 is 3.11 bits per heavy atom. The summed E-state index contributed by atoms with van der Waals surface area (Å²) in [6.45, 7) is 0. The second-order valence-electron chi connectivity index (χ2n) is 4.66. The molecule has 4 rings (SSSR count). The largest absolute Gasteiger partial charge is 0.308 e. The summed E-state index contributed by atoms with van der Waals surface area (Å²) in [5, 5.41) is 6.68. The van der Waals surface area contributed by atoms with Crippen molar-refractivity contribution in [2.45, 2.75) is 19.3 Å². The summed E-state index contributed by atoms with van der Waals surface area (Å²) in [6.07, 6.45) is 3.19. The molecule has 0 amide bonds. The molecule has 3 heterocycles. The standard InChI is InChI=1S/C13H13N5S/c14-16-13-8-3-1-4-9(8)15-12-7-10(17-18(12)13)11-5-2-6-19-11/h2,5-7,16H,1,3-4,14H2. The first-order chi connectivity index (χ1) is 9.36. The minimum atomic E-state index is 0.858. The highest BCUT2D eigenvalue weighted by atomic mass is 32.1. The van der Waals surface area contributed by atoms with Gasteiger partial charge >= 0.3 is 0 Å². The maximum Gasteiger partial charge on any atom is 0.158 e. The van der Waals surface area contributed by atoms with Gasteiger partial charge in [0.05, 0.1) is 4.88 Å². The van der Waals surface area contributed by atoms with Crippen LogP contribution in [0.15, 0.2) is 23.6 Å². The summed E-state index contributed by atoms with van der Waals surface area (Å²) in [4.78, 5) is 5.85. The number of nitrogen functional groups attached to an aromatic ring is 1. The van der Waals surface area contributed by atoms with Gasteiger partial charge in [0.2, 0.25) is 0 Å². The first-order valence-electron chi connectivity index (χ1n) is 6.29. The normalized spacial score (nSPS) is 13.9. The van der Waals surface area contributed by atoms with E-state index in [1.165, 1.54) is 5.56 Å². The van der Waals surface area contributed by atoms with E-state index in [2.05, 4.69) is 22.0 Å². The predicted molar refractivity (Wildman–Crippen MR) is 76.1 cm³/mol. The average molecular weight is 271 g/mol. The van der Waals surface area contributed by atoms with Crippen molar-refractivity contribution in [2.24, 2.45) is 5.84 Å². The van der Waals surface area contributed by atoms with Gasteiger partial charge in [-0.2, -0.15) is 9.61 Å². The van der Waals surface area contributed by atoms with E-state index >= 15 is 0 Å². The minimum absolute atomic E-state index is 0.858. The van der Waals surface area contributed by atoms with Crippen LogP contribution >= 0.6 is 11.3 Å². The topological polar surface area (TPSA) is 68.2 Å². The van der Waals surface area contributed by atoms with Crippen LogP contribution in [0.5, 0.6) is 0 Å². The molecule has 0 saturated carbocycles. The zero-order chi connectivity index (χ0) is 12.8. The molecule has 5 nitrogen and oxygen atoms in total. The number of anilines is 1. The molecule has 0 radical (unpaired) electrons. The SMILES string of the molecule is NNc1c2c(nc3cc(-c4cccs4)nn13)CCC2. The van der Waals surface area contributed by atoms with Gasteiger partial charge in [-0.1, -0.05) is 6.07 Å². The molecule has 0 fully saturated rings. The van der Waals surface area contributed by atoms with Crippen LogP contribution < -0.4 is 11.3 Å². The van der Waals surface area contributed by atoms with E-state index in [0.717, 1.165) is 47.0 Å². The van der Waals surface area contributed by atoms with Gasteiger partial charge in [-0.25, -0.2) is 10.8 Å². The third kappa shape index (κ3) is 1.57. The second-order valence-corrected chi connectivity index (χ2v) is 5.61. The number of aryl methyl sites for hydroxylation is 1. The molecule has 0 spiro atoms. The number of aromatic nitrogens is 3. The summed E-state index contributed by atoms with van der Waals surface area (Å²) in [5.41, 5.74) is 6.95. The van der Waals surface area contributed by atoms with Gasteiger partial charge in [0, 0.05) is 17.3 Å². The molecule has 3 aromatic rings. The number of thiophene rings is 1. The van der Waals surface area contributed by atoms with Gasteiger partial charge in [0.1, 0.15) is 11.5 Å². The third-order valence-electron chi connectivity index (χ3n) is 3.54. The van der Waals surface area contributed by atoms with E-state index in [9.17, 15) is 0 Å². The van der Waals surface area contributed by atoms with Crippen LogP contribution in [-0.2, 0) is 12.8 Å². The van der Waals surface area contributed by atoms with Gasteiger partial charge in [-0.3, -0.25) is 0 Å². The molecule has 0 aromatic carbocycles. The first kappa shape index (κ1) is 11.0. The summed E-state index contributed by atoms with van der Waals surface area (Å²) in [7, 11) is 0. The zero-order valence-electron chi connectivity index (χ0n) is 10.3. The quantitative estimate of drug-likeness (QED) is 0.554. The Morgan fingerprint density at radius 1 is 1.37 bits per heavy atom. The summed E-state index contributed by atoms with van der Waals surface area (Å²) in [5.74, 6) is 6.56. The highest BCUT2D eigenvalue weighted by Gasteiger charge is 2.21. The van der Waals surface area contributed by atoms with Crippen molar-refractivity contribution in [1.82, 2.24) is 14.6 Å². The smallest absolute Gasteiger partial charge is 0.158 e. The van der Waals surface area contributed by atoms with Crippen LogP contribution in [0.3, 0.4) is 0 Å². The Labute approximate surface area is 114 Å². The van der Waals surface area contributed by atoms with Crippen LogP contribution in [0.2, 0.25) is 0 Å². The summed E-state index contributed by atoms with van der Waals surface area (Å²) in [6, 6.07) is 6.11. The molecule has 1 aliphatic rings. The molecular formula is C13H13N5S. The van der Waals surface area contributed by atoms with E-state index in [-0.39, 0.29) is 0 Å². The fourth-order valence-electron chi connectivity index (χ4n) is 2.68. The number of hydrazine groups is 1. The molecule has 3 aromatic heterocycles. The number of nitrogens with one attached hydrogen (secondary N) is 1. The predicted octanol–water partition coefficient (Wildman–Crippen LogP) is 2.23. The Kier molecular flexibility index (Phi) is 2.33. The molecule has 96 valence electrons. The van der Waals surface area contributed by atoms with Gasteiger partial charge < -0.3 is 5.43 Å². The number of fused-ring (bicyclic) bond motifs is 2. The lowest BCUT2D eigenvalue weighted by Crippen LogP contribution is -2.15. The molecule has 0 aliphatic heterocycles. The van der Waals surface area contributed by atoms with E-state index < -0.39 is 0 Å². The fourth-order valence-corrected chi connectivity index (χ4v) is 3.36. The van der Waals surface area contributed by atoms with Crippen LogP contribution in [0.25, 0.3) is 16.2 Å². The molecule has 1 aliphatic carbocycles. The number of rotatable bonds is 2. The van der Waals surface area contributed by atoms with Crippen LogP contribution in [0.1, 0.15) is 17.7 Å². The number of nitrogens with zero attached hydrogens (tertiary/aromatic N) is 3. The molecule has 0 saturated heterocycles. The average Bonchev–Trinajstić information content (AvgIpc) is 3.13. The number of nitrogens with two attached hydrogens (primary N) is 1. The molecule has 0 unspecified atom stereocenters. The second kappa shape index (κ2) is 4.04. The van der Waals surface area contributed by atoms with Crippen molar-refractivity contribution in [1.29, 1.82) is 0 Å². The van der Waals surface area contributed by atoms with E-state index in [0.29, 0.717) is 0 Å². The minimum Gasteiger partial charge on any atom is -0.308 e. The number of hydrogen-bond acceptors (Lipinski definition) is 5. The lowest BCUT2D eigenvalue weighted by atomic mass is 10.2. The third-order valence-corrected chi connectivity index (χ3v) is 4.43. The van der Waals surface area contributed by atoms with Gasteiger partial charge in [0.25, 0.3) is 0 Å². The first-order valence-corrected chi connectivity index (χ1v) is 7.17. The van der Waals surface area contributed by atoms with Crippen LogP contribution in [-0.4, -0.2) is 14.6 Å². The van der Waals surface area contributed by atoms with Gasteiger partial charge in [-0.15, -0.1) is 11.3 Å². The molecule has 6 heteroatoms. The molecule has 19 heavy (non-hydrogen) atoms. The van der Waals surface area contributed by atoms with Crippen molar-refractivity contribution in [3.05, 3.63) is 34.8 Å². The molecule has 0 bridgehead atoms. The van der Waals surface area contributed by atoms with Crippen molar-refractivity contribution >= 4 is 22.8 Å². The Balaban J connectivity index is 1.99. The molecule has 0 atom stereocenters. The maximum absolute atomic E-state index is 5.68. The zero-order valence-corrected chi connectivity index (χ0v) is 11.1. The Morgan fingerprint density at radius 2 is 2.32 bits per heavy atom. The van der Waals surface area contributed by atoms with Crippen LogP contribution in [0.4, 0.5) is 5.82 Å². The monoisotopic (exact) mass is 271 g/mol. The Bertz CT molecular complexity index is 744. The van der Waals surface area contributed by atoms with Gasteiger partial charge in [0.15, 0.2) is 5.65 Å². The fraction of sp³-hybridized carbons (Fsp3) is 0.231. The van der Waals surface area contributed by atoms with Crippen molar-refractivity contribution in [2.75, 3.05) is 5.43 Å². The van der Waals surface area contributed by atoms with Crippen molar-refractivity contribution in [3.8, 4) is 10.6 Å². The Hall–Kier alpha value is -1.92. The molecular weight excluding hydrogens is 258 g/mol.